The third kappa shape index (κ3) is 4.62. The topological polar surface area (TPSA) is 127 Å². The summed E-state index contributed by atoms with van der Waals surface area (Å²) in [5, 5.41) is 12.7. The molecule has 204 valence electrons. The third-order valence-corrected chi connectivity index (χ3v) is 8.54. The number of ketones is 1. The average molecular weight is 524 g/mol. The summed E-state index contributed by atoms with van der Waals surface area (Å²) >= 11 is 0. The molecule has 9 nitrogen and oxygen atoms in total. The number of nitrogens with one attached hydrogen (secondary N) is 2. The molecule has 2 fully saturated rings. The minimum atomic E-state index is -1.06. The molecule has 0 amide bonds. The van der Waals surface area contributed by atoms with Gasteiger partial charge in [0.15, 0.2) is 23.0 Å². The van der Waals surface area contributed by atoms with E-state index in [-0.39, 0.29) is 47.2 Å². The molecule has 1 aromatic carbocycles. The van der Waals surface area contributed by atoms with Gasteiger partial charge in [0.05, 0.1) is 30.0 Å². The van der Waals surface area contributed by atoms with E-state index in [1.165, 1.54) is 0 Å². The van der Waals surface area contributed by atoms with E-state index in [9.17, 15) is 14.7 Å². The molecule has 38 heavy (non-hydrogen) atoms. The number of carboxylic acid groups (broad SMARTS) is 1. The first-order valence-electron chi connectivity index (χ1n) is 13.5. The lowest BCUT2D eigenvalue weighted by Crippen LogP contribution is -2.58. The summed E-state index contributed by atoms with van der Waals surface area (Å²) < 4.78 is 19.6. The fraction of sp³-hybridized carbons (Fsp3) is 0.552. The summed E-state index contributed by atoms with van der Waals surface area (Å²) in [6, 6.07) is 7.05. The summed E-state index contributed by atoms with van der Waals surface area (Å²) in [6.07, 6.45) is 4.22. The Bertz CT molecular complexity index is 1320. The summed E-state index contributed by atoms with van der Waals surface area (Å²) in [5.41, 5.74) is 1.93. The van der Waals surface area contributed by atoms with Crippen molar-refractivity contribution < 1.29 is 28.6 Å². The molecule has 0 bridgehead atoms. The van der Waals surface area contributed by atoms with Gasteiger partial charge in [-0.25, -0.2) is 9.78 Å². The number of ether oxygens (including phenoxy) is 2. The van der Waals surface area contributed by atoms with Crippen molar-refractivity contribution in [3.8, 4) is 0 Å². The zero-order valence-electron chi connectivity index (χ0n) is 22.6. The standard InChI is InChI=1S/C29H37N3O6/c1-15-10-11-29(17(3)13-16(2)27(38-29)18(4)26(33)20-7-6-12-31-20)37-22(15)14-23-32-25-21(36-23)9-8-19(30-5)24(25)28(34)35/h6-9,12,15-18,22,27,30-31H,10-11,13-14H2,1-5H3,(H,34,35)/t15-,16+,17+,18-,22-,27-,29+/m0/s1. The van der Waals surface area contributed by atoms with E-state index < -0.39 is 11.8 Å². The number of nitrogens with zero attached hydrogens (tertiary/aromatic N) is 1. The van der Waals surface area contributed by atoms with Gasteiger partial charge >= 0.3 is 5.97 Å². The Hall–Kier alpha value is -3.17. The Morgan fingerprint density at radius 2 is 2.00 bits per heavy atom. The zero-order chi connectivity index (χ0) is 27.2. The van der Waals surface area contributed by atoms with Crippen molar-refractivity contribution in [2.45, 2.75) is 71.4 Å². The Labute approximate surface area is 222 Å². The van der Waals surface area contributed by atoms with Crippen molar-refractivity contribution >= 4 is 28.5 Å². The molecule has 4 heterocycles. The molecule has 2 aliphatic rings. The highest BCUT2D eigenvalue weighted by molar-refractivity contribution is 6.06. The van der Waals surface area contributed by atoms with Gasteiger partial charge < -0.3 is 29.3 Å². The predicted molar refractivity (Wildman–Crippen MR) is 142 cm³/mol. The molecule has 2 aromatic heterocycles. The van der Waals surface area contributed by atoms with Gasteiger partial charge in [-0.2, -0.15) is 0 Å². The van der Waals surface area contributed by atoms with Crippen molar-refractivity contribution in [1.82, 2.24) is 9.97 Å². The predicted octanol–water partition coefficient (Wildman–Crippen LogP) is 5.53. The maximum Gasteiger partial charge on any atom is 0.340 e. The largest absolute Gasteiger partial charge is 0.478 e. The van der Waals surface area contributed by atoms with Gasteiger partial charge in [-0.3, -0.25) is 4.79 Å². The number of carbonyl (C=O) groups is 2. The van der Waals surface area contributed by atoms with Crippen molar-refractivity contribution in [2.24, 2.45) is 23.7 Å². The summed E-state index contributed by atoms with van der Waals surface area (Å²) in [4.78, 5) is 32.7. The number of hydrogen-bond donors (Lipinski definition) is 3. The maximum atomic E-state index is 13.1. The number of Topliss-reactive ketones (excluding diaryl/α,β-unsaturated/α-hetero) is 1. The van der Waals surface area contributed by atoms with Gasteiger partial charge in [-0.15, -0.1) is 0 Å². The second-order valence-corrected chi connectivity index (χ2v) is 11.1. The van der Waals surface area contributed by atoms with Gasteiger partial charge in [0.2, 0.25) is 0 Å². The first-order valence-corrected chi connectivity index (χ1v) is 13.5. The molecule has 7 atom stereocenters. The van der Waals surface area contributed by atoms with Crippen LogP contribution in [0.2, 0.25) is 0 Å². The van der Waals surface area contributed by atoms with E-state index in [4.69, 9.17) is 13.9 Å². The summed E-state index contributed by atoms with van der Waals surface area (Å²) in [7, 11) is 1.68. The number of carbonyl (C=O) groups excluding carboxylic acids is 1. The van der Waals surface area contributed by atoms with E-state index in [0.717, 1.165) is 19.3 Å². The van der Waals surface area contributed by atoms with E-state index in [1.54, 1.807) is 31.4 Å². The first-order chi connectivity index (χ1) is 18.1. The second kappa shape index (κ2) is 10.2. The molecular formula is C29H37N3O6. The molecule has 0 radical (unpaired) electrons. The lowest BCUT2D eigenvalue weighted by atomic mass is 9.75. The number of H-pyrrole nitrogens is 1. The van der Waals surface area contributed by atoms with Crippen LogP contribution >= 0.6 is 0 Å². The van der Waals surface area contributed by atoms with Crippen LogP contribution < -0.4 is 5.32 Å². The van der Waals surface area contributed by atoms with Crippen LogP contribution in [0.3, 0.4) is 0 Å². The van der Waals surface area contributed by atoms with Crippen LogP contribution in [0.4, 0.5) is 5.69 Å². The van der Waals surface area contributed by atoms with Crippen LogP contribution in [-0.2, 0) is 15.9 Å². The molecule has 0 unspecified atom stereocenters. The van der Waals surface area contributed by atoms with Crippen LogP contribution in [0.15, 0.2) is 34.9 Å². The van der Waals surface area contributed by atoms with Crippen LogP contribution in [0, 0.1) is 23.7 Å². The highest BCUT2D eigenvalue weighted by Crippen LogP contribution is 2.48. The molecule has 2 saturated heterocycles. The molecule has 0 saturated carbocycles. The molecule has 5 rings (SSSR count). The minimum Gasteiger partial charge on any atom is -0.478 e. The van der Waals surface area contributed by atoms with Crippen LogP contribution in [0.5, 0.6) is 0 Å². The Kier molecular flexibility index (Phi) is 7.09. The average Bonchev–Trinajstić information content (AvgIpc) is 3.57. The number of aromatic nitrogens is 2. The number of fused-ring (bicyclic) bond motifs is 1. The molecule has 2 aliphatic heterocycles. The third-order valence-electron chi connectivity index (χ3n) is 8.54. The summed E-state index contributed by atoms with van der Waals surface area (Å²) in [5.74, 6) is -1.11. The van der Waals surface area contributed by atoms with Crippen molar-refractivity contribution in [2.75, 3.05) is 12.4 Å². The normalized spacial score (nSPS) is 30.4. The highest BCUT2D eigenvalue weighted by atomic mass is 16.7. The maximum absolute atomic E-state index is 13.1. The van der Waals surface area contributed by atoms with Crippen molar-refractivity contribution in [3.63, 3.8) is 0 Å². The van der Waals surface area contributed by atoms with Gasteiger partial charge in [-0.05, 0) is 48.9 Å². The van der Waals surface area contributed by atoms with Crippen LogP contribution in [-0.4, -0.2) is 51.9 Å². The number of anilines is 1. The number of hydrogen-bond acceptors (Lipinski definition) is 7. The zero-order valence-corrected chi connectivity index (χ0v) is 22.6. The van der Waals surface area contributed by atoms with E-state index in [0.29, 0.717) is 34.8 Å². The first kappa shape index (κ1) is 26.4. The SMILES string of the molecule is CNc1ccc2oc(C[C@@H]3O[C@]4(CC[C@@H]3C)O[C@H]([C@@H](C)C(=O)c3ccc[nH]3)[C@H](C)C[C@H]4C)nc2c1C(=O)O. The Morgan fingerprint density at radius 3 is 2.68 bits per heavy atom. The molecule has 1 spiro atoms. The van der Waals surface area contributed by atoms with E-state index >= 15 is 0 Å². The van der Waals surface area contributed by atoms with Gasteiger partial charge in [-0.1, -0.05) is 27.7 Å². The van der Waals surface area contributed by atoms with Gasteiger partial charge in [0.1, 0.15) is 11.1 Å². The molecule has 3 N–H and O–H groups in total. The van der Waals surface area contributed by atoms with E-state index in [2.05, 4.69) is 36.1 Å². The number of benzene rings is 1. The molecule has 3 aromatic rings. The summed E-state index contributed by atoms with van der Waals surface area (Å²) in [6.45, 7) is 8.39. The number of carboxylic acids is 1. The van der Waals surface area contributed by atoms with Crippen LogP contribution in [0.1, 0.15) is 73.7 Å². The van der Waals surface area contributed by atoms with Crippen molar-refractivity contribution in [1.29, 1.82) is 0 Å². The second-order valence-electron chi connectivity index (χ2n) is 11.1. The smallest absolute Gasteiger partial charge is 0.340 e. The van der Waals surface area contributed by atoms with Crippen LogP contribution in [0.25, 0.3) is 11.1 Å². The number of oxazole rings is 1. The molecule has 0 aliphatic carbocycles. The van der Waals surface area contributed by atoms with Gasteiger partial charge in [0, 0.05) is 31.5 Å². The van der Waals surface area contributed by atoms with E-state index in [1.807, 2.05) is 13.0 Å². The number of aromatic carboxylic acids is 1. The lowest BCUT2D eigenvalue weighted by Gasteiger charge is -2.53. The highest BCUT2D eigenvalue weighted by Gasteiger charge is 2.52. The number of rotatable bonds is 7. The Morgan fingerprint density at radius 1 is 1.21 bits per heavy atom. The van der Waals surface area contributed by atoms with Gasteiger partial charge in [0.25, 0.3) is 0 Å². The fourth-order valence-corrected chi connectivity index (χ4v) is 6.27. The quantitative estimate of drug-likeness (QED) is 0.345. The fourth-order valence-electron chi connectivity index (χ4n) is 6.27. The van der Waals surface area contributed by atoms with Crippen molar-refractivity contribution in [3.05, 3.63) is 47.6 Å². The number of aromatic amines is 1. The lowest BCUT2D eigenvalue weighted by molar-refractivity contribution is -0.355. The molecular weight excluding hydrogens is 486 g/mol. The monoisotopic (exact) mass is 523 g/mol. The Balaban J connectivity index is 1.39. The molecule has 9 heteroatoms. The minimum absolute atomic E-state index is 0.0407.